The topological polar surface area (TPSA) is 55.2 Å². The van der Waals surface area contributed by atoms with Crippen LogP contribution < -0.4 is 0 Å². The molecule has 0 spiro atoms. The first-order chi connectivity index (χ1) is 9.84. The van der Waals surface area contributed by atoms with Crippen molar-refractivity contribution < 1.29 is 9.84 Å². The Morgan fingerprint density at radius 2 is 2.20 bits per heavy atom. The fourth-order valence-corrected chi connectivity index (χ4v) is 2.85. The molecule has 0 radical (unpaired) electrons. The van der Waals surface area contributed by atoms with Crippen molar-refractivity contribution in [2.75, 3.05) is 6.61 Å². The molecule has 2 aromatic rings. The van der Waals surface area contributed by atoms with E-state index in [1.54, 1.807) is 12.4 Å². The highest BCUT2D eigenvalue weighted by molar-refractivity contribution is 5.77. The first-order valence-electron chi connectivity index (χ1n) is 7.34. The highest BCUT2D eigenvalue weighted by Crippen LogP contribution is 2.26. The molecule has 0 aliphatic carbocycles. The van der Waals surface area contributed by atoms with Gasteiger partial charge >= 0.3 is 0 Å². The molecule has 1 N–H and O–H groups in total. The minimum absolute atomic E-state index is 0.398. The van der Waals surface area contributed by atoms with E-state index >= 15 is 0 Å². The van der Waals surface area contributed by atoms with Crippen LogP contribution in [0.1, 0.15) is 43.8 Å². The average Bonchev–Trinajstić information content (AvgIpc) is 3.00. The molecule has 3 rings (SSSR count). The summed E-state index contributed by atoms with van der Waals surface area (Å²) in [4.78, 5) is 8.61. The minimum Gasteiger partial charge on any atom is -0.388 e. The number of fused-ring (bicyclic) bond motifs is 1. The molecule has 4 nitrogen and oxygen atoms in total. The SMILES string of the molecule is OC(CCCC1CCCO1)c1cccc2nccnc12. The maximum absolute atomic E-state index is 10.4. The van der Waals surface area contributed by atoms with Gasteiger partial charge in [-0.3, -0.25) is 9.97 Å². The minimum atomic E-state index is -0.475. The van der Waals surface area contributed by atoms with Crippen molar-refractivity contribution in [2.24, 2.45) is 0 Å². The van der Waals surface area contributed by atoms with E-state index in [1.165, 1.54) is 6.42 Å². The Bertz CT molecular complexity index is 562. The summed E-state index contributed by atoms with van der Waals surface area (Å²) in [5.41, 5.74) is 2.52. The van der Waals surface area contributed by atoms with Crippen molar-refractivity contribution in [3.05, 3.63) is 36.2 Å². The van der Waals surface area contributed by atoms with Crippen molar-refractivity contribution in [3.8, 4) is 0 Å². The monoisotopic (exact) mass is 272 g/mol. The largest absolute Gasteiger partial charge is 0.388 e. The molecule has 1 aliphatic rings. The Hall–Kier alpha value is -1.52. The molecule has 2 atom stereocenters. The second kappa shape index (κ2) is 6.29. The Morgan fingerprint density at radius 3 is 3.05 bits per heavy atom. The molecule has 2 unspecified atom stereocenters. The normalized spacial score (nSPS) is 20.4. The third kappa shape index (κ3) is 2.97. The number of benzene rings is 1. The number of rotatable bonds is 5. The lowest BCUT2D eigenvalue weighted by molar-refractivity contribution is 0.0946. The summed E-state index contributed by atoms with van der Waals surface area (Å²) in [5.74, 6) is 0. The summed E-state index contributed by atoms with van der Waals surface area (Å²) in [5, 5.41) is 10.4. The number of para-hydroxylation sites is 1. The lowest BCUT2D eigenvalue weighted by atomic mass is 10.0. The zero-order valence-electron chi connectivity index (χ0n) is 11.5. The van der Waals surface area contributed by atoms with Crippen LogP contribution in [-0.2, 0) is 4.74 Å². The molecule has 20 heavy (non-hydrogen) atoms. The van der Waals surface area contributed by atoms with Crippen LogP contribution in [0.5, 0.6) is 0 Å². The molecule has 1 saturated heterocycles. The third-order valence-electron chi connectivity index (χ3n) is 3.92. The average molecular weight is 272 g/mol. The number of hydrogen-bond acceptors (Lipinski definition) is 4. The van der Waals surface area contributed by atoms with Gasteiger partial charge in [0.25, 0.3) is 0 Å². The molecule has 0 amide bonds. The number of aliphatic hydroxyl groups excluding tert-OH is 1. The number of nitrogens with zero attached hydrogens (tertiary/aromatic N) is 2. The Kier molecular flexibility index (Phi) is 4.23. The van der Waals surface area contributed by atoms with Gasteiger partial charge in [0.1, 0.15) is 0 Å². The lowest BCUT2D eigenvalue weighted by Gasteiger charge is -2.14. The van der Waals surface area contributed by atoms with E-state index < -0.39 is 6.10 Å². The van der Waals surface area contributed by atoms with Gasteiger partial charge < -0.3 is 9.84 Å². The summed E-state index contributed by atoms with van der Waals surface area (Å²) >= 11 is 0. The quantitative estimate of drug-likeness (QED) is 0.909. The van der Waals surface area contributed by atoms with E-state index in [0.717, 1.165) is 48.9 Å². The molecule has 0 bridgehead atoms. The number of hydrogen-bond donors (Lipinski definition) is 1. The van der Waals surface area contributed by atoms with Crippen LogP contribution in [0.15, 0.2) is 30.6 Å². The number of aromatic nitrogens is 2. The summed E-state index contributed by atoms with van der Waals surface area (Å²) in [6, 6.07) is 5.79. The maximum Gasteiger partial charge on any atom is 0.0944 e. The number of aliphatic hydroxyl groups is 1. The molecular formula is C16H20N2O2. The first kappa shape index (κ1) is 13.5. The molecule has 106 valence electrons. The van der Waals surface area contributed by atoms with Gasteiger partial charge in [-0.25, -0.2) is 0 Å². The second-order valence-corrected chi connectivity index (χ2v) is 5.35. The van der Waals surface area contributed by atoms with Gasteiger partial charge in [-0.15, -0.1) is 0 Å². The first-order valence-corrected chi connectivity index (χ1v) is 7.34. The smallest absolute Gasteiger partial charge is 0.0944 e. The van der Waals surface area contributed by atoms with Crippen LogP contribution in [-0.4, -0.2) is 27.8 Å². The van der Waals surface area contributed by atoms with E-state index in [0.29, 0.717) is 6.10 Å². The van der Waals surface area contributed by atoms with Crippen LogP contribution in [0.4, 0.5) is 0 Å². The van der Waals surface area contributed by atoms with Gasteiger partial charge in [0.15, 0.2) is 0 Å². The van der Waals surface area contributed by atoms with Crippen LogP contribution in [0.25, 0.3) is 11.0 Å². The Morgan fingerprint density at radius 1 is 1.30 bits per heavy atom. The van der Waals surface area contributed by atoms with Crippen LogP contribution in [0, 0.1) is 0 Å². The van der Waals surface area contributed by atoms with E-state index in [9.17, 15) is 5.11 Å². The summed E-state index contributed by atoms with van der Waals surface area (Å²) in [6.07, 6.45) is 8.36. The third-order valence-corrected chi connectivity index (χ3v) is 3.92. The Balaban J connectivity index is 1.64. The molecule has 1 fully saturated rings. The van der Waals surface area contributed by atoms with Crippen molar-refractivity contribution in [1.29, 1.82) is 0 Å². The molecule has 1 aliphatic heterocycles. The van der Waals surface area contributed by atoms with Crippen LogP contribution in [0.2, 0.25) is 0 Å². The molecule has 2 heterocycles. The van der Waals surface area contributed by atoms with E-state index in [1.807, 2.05) is 18.2 Å². The highest BCUT2D eigenvalue weighted by atomic mass is 16.5. The van der Waals surface area contributed by atoms with Gasteiger partial charge in [-0.2, -0.15) is 0 Å². The van der Waals surface area contributed by atoms with E-state index in [-0.39, 0.29) is 0 Å². The summed E-state index contributed by atoms with van der Waals surface area (Å²) < 4.78 is 5.61. The van der Waals surface area contributed by atoms with Crippen molar-refractivity contribution in [2.45, 2.75) is 44.3 Å². The standard InChI is InChI=1S/C16H20N2O2/c19-15(8-1-4-12-5-3-11-20-12)13-6-2-7-14-16(13)18-10-9-17-14/h2,6-7,9-10,12,15,19H,1,3-5,8,11H2. The van der Waals surface area contributed by atoms with Crippen molar-refractivity contribution >= 4 is 11.0 Å². The van der Waals surface area contributed by atoms with Crippen molar-refractivity contribution in [1.82, 2.24) is 9.97 Å². The zero-order valence-corrected chi connectivity index (χ0v) is 11.5. The molecule has 1 aromatic heterocycles. The number of ether oxygens (including phenoxy) is 1. The van der Waals surface area contributed by atoms with Gasteiger partial charge in [0, 0.05) is 24.6 Å². The highest BCUT2D eigenvalue weighted by Gasteiger charge is 2.17. The summed E-state index contributed by atoms with van der Waals surface area (Å²) in [7, 11) is 0. The molecule has 0 saturated carbocycles. The predicted octanol–water partition coefficient (Wildman–Crippen LogP) is 3.01. The van der Waals surface area contributed by atoms with Crippen LogP contribution >= 0.6 is 0 Å². The molecular weight excluding hydrogens is 252 g/mol. The lowest BCUT2D eigenvalue weighted by Crippen LogP contribution is -2.06. The fourth-order valence-electron chi connectivity index (χ4n) is 2.85. The van der Waals surface area contributed by atoms with E-state index in [2.05, 4.69) is 9.97 Å². The van der Waals surface area contributed by atoms with E-state index in [4.69, 9.17) is 4.74 Å². The van der Waals surface area contributed by atoms with Gasteiger partial charge in [-0.1, -0.05) is 12.1 Å². The van der Waals surface area contributed by atoms with Crippen LogP contribution in [0.3, 0.4) is 0 Å². The maximum atomic E-state index is 10.4. The van der Waals surface area contributed by atoms with Gasteiger partial charge in [0.2, 0.25) is 0 Å². The van der Waals surface area contributed by atoms with Crippen molar-refractivity contribution in [3.63, 3.8) is 0 Å². The Labute approximate surface area is 118 Å². The fraction of sp³-hybridized carbons (Fsp3) is 0.500. The van der Waals surface area contributed by atoms with Gasteiger partial charge in [-0.05, 0) is 38.2 Å². The predicted molar refractivity (Wildman–Crippen MR) is 77.3 cm³/mol. The second-order valence-electron chi connectivity index (χ2n) is 5.35. The molecule has 4 heteroatoms. The molecule has 1 aromatic carbocycles. The van der Waals surface area contributed by atoms with Gasteiger partial charge in [0.05, 0.1) is 23.2 Å². The summed E-state index contributed by atoms with van der Waals surface area (Å²) in [6.45, 7) is 0.895. The zero-order chi connectivity index (χ0) is 13.8.